The van der Waals surface area contributed by atoms with Crippen molar-refractivity contribution in [1.29, 1.82) is 0 Å². The molecule has 0 fully saturated rings. The summed E-state index contributed by atoms with van der Waals surface area (Å²) in [6, 6.07) is 0. The van der Waals surface area contributed by atoms with Crippen LogP contribution in [0.2, 0.25) is 0 Å². The summed E-state index contributed by atoms with van der Waals surface area (Å²) < 4.78 is 0. The van der Waals surface area contributed by atoms with Crippen LogP contribution in [0.3, 0.4) is 0 Å². The van der Waals surface area contributed by atoms with Crippen LogP contribution in [0.25, 0.3) is 0 Å². The van der Waals surface area contributed by atoms with E-state index in [1.165, 1.54) is 0 Å². The van der Waals surface area contributed by atoms with Crippen molar-refractivity contribution in [2.75, 3.05) is 0 Å². The summed E-state index contributed by atoms with van der Waals surface area (Å²) in [5.74, 6) is 0. The lowest BCUT2D eigenvalue weighted by atomic mass is 10.3. The Balaban J connectivity index is -0.000000109. The van der Waals surface area contributed by atoms with E-state index in [9.17, 15) is 0 Å². The molecule has 0 nitrogen and oxygen atoms in total. The average Bonchev–Trinajstić information content (AvgIpc) is 1.72. The van der Waals surface area contributed by atoms with E-state index in [1.54, 1.807) is 0 Å². The minimum atomic E-state index is 0. The third-order valence-corrected chi connectivity index (χ3v) is 0.451. The summed E-state index contributed by atoms with van der Waals surface area (Å²) in [5.41, 5.74) is 1.11. The number of hydrogen-bond donors (Lipinski definition) is 0. The summed E-state index contributed by atoms with van der Waals surface area (Å²) in [6.45, 7) is 11.6. The van der Waals surface area contributed by atoms with Gasteiger partial charge >= 0.3 is 0 Å². The number of rotatable bonds is 1. The average molecular weight is 240 g/mol. The zero-order chi connectivity index (χ0) is 6.99. The van der Waals surface area contributed by atoms with Crippen molar-refractivity contribution in [2.24, 2.45) is 0 Å². The van der Waals surface area contributed by atoms with E-state index in [0.29, 0.717) is 0 Å². The molecule has 0 aromatic carbocycles. The smallest absolute Gasteiger partial charge is 0.0404 e. The van der Waals surface area contributed by atoms with E-state index in [1.807, 2.05) is 39.8 Å². The Morgan fingerprint density at radius 2 is 1.67 bits per heavy atom. The fourth-order valence-corrected chi connectivity index (χ4v) is 0.285. The summed E-state index contributed by atoms with van der Waals surface area (Å²) in [4.78, 5) is 0. The van der Waals surface area contributed by atoms with Crippen molar-refractivity contribution in [1.82, 2.24) is 0 Å². The molecule has 1 heteroatoms. The Morgan fingerprint density at radius 3 is 1.67 bits per heavy atom. The van der Waals surface area contributed by atoms with Gasteiger partial charge in [-0.15, -0.1) is 24.0 Å². The lowest BCUT2D eigenvalue weighted by molar-refractivity contribution is 1.50. The molecule has 0 atom stereocenters. The van der Waals surface area contributed by atoms with Crippen LogP contribution >= 0.6 is 24.0 Å². The Bertz CT molecular complexity index is 72.6. The van der Waals surface area contributed by atoms with Gasteiger partial charge in [0, 0.05) is 0 Å². The van der Waals surface area contributed by atoms with Gasteiger partial charge in [-0.3, -0.25) is 0 Å². The third kappa shape index (κ3) is 30.7. The molecule has 0 N–H and O–H groups in total. The molecule has 0 spiro atoms. The second-order valence-corrected chi connectivity index (χ2v) is 1.35. The fourth-order valence-electron chi connectivity index (χ4n) is 0.285. The Morgan fingerprint density at radius 1 is 1.33 bits per heavy atom. The van der Waals surface area contributed by atoms with Crippen molar-refractivity contribution >= 4 is 24.0 Å². The molecule has 0 bridgehead atoms. The van der Waals surface area contributed by atoms with Crippen LogP contribution in [0.15, 0.2) is 24.3 Å². The molecule has 9 heavy (non-hydrogen) atoms. The minimum Gasteiger partial charge on any atom is -0.107 e. The standard InChI is InChI=1S/C6H10.C2H6.HI/c1-4-5-6(2)3;1-2;/h4-5H,2H2,1,3H3;1-2H3;1H/b5-4-;;. The lowest BCUT2D eigenvalue weighted by Gasteiger charge is -1.75. The summed E-state index contributed by atoms with van der Waals surface area (Å²) in [5, 5.41) is 0. The number of allylic oxidation sites excluding steroid dienone is 3. The highest BCUT2D eigenvalue weighted by molar-refractivity contribution is 14.0. The van der Waals surface area contributed by atoms with Gasteiger partial charge in [0.1, 0.15) is 0 Å². The van der Waals surface area contributed by atoms with Gasteiger partial charge in [0.2, 0.25) is 0 Å². The van der Waals surface area contributed by atoms with Crippen LogP contribution in [0.1, 0.15) is 27.7 Å². The molecule has 0 unspecified atom stereocenters. The van der Waals surface area contributed by atoms with Gasteiger partial charge in [-0.05, 0) is 13.8 Å². The first-order chi connectivity index (χ1) is 3.77. The van der Waals surface area contributed by atoms with Gasteiger partial charge in [0.15, 0.2) is 0 Å². The Labute approximate surface area is 76.1 Å². The van der Waals surface area contributed by atoms with Crippen LogP contribution in [0.5, 0.6) is 0 Å². The first-order valence-electron chi connectivity index (χ1n) is 3.05. The quantitative estimate of drug-likeness (QED) is 0.483. The highest BCUT2D eigenvalue weighted by atomic mass is 127. The van der Waals surface area contributed by atoms with Crippen LogP contribution in [0.4, 0.5) is 0 Å². The minimum absolute atomic E-state index is 0. The van der Waals surface area contributed by atoms with Gasteiger partial charge in [-0.25, -0.2) is 0 Å². The van der Waals surface area contributed by atoms with Gasteiger partial charge in [-0.1, -0.05) is 38.2 Å². The molecule has 0 saturated carbocycles. The van der Waals surface area contributed by atoms with E-state index in [0.717, 1.165) is 5.57 Å². The molecular weight excluding hydrogens is 223 g/mol. The van der Waals surface area contributed by atoms with E-state index < -0.39 is 0 Å². The topological polar surface area (TPSA) is 0 Å². The highest BCUT2D eigenvalue weighted by Crippen LogP contribution is 1.85. The highest BCUT2D eigenvalue weighted by Gasteiger charge is 1.63. The molecular formula is C8H17I. The molecule has 0 amide bonds. The summed E-state index contributed by atoms with van der Waals surface area (Å²) >= 11 is 0. The first kappa shape index (κ1) is 16.1. The van der Waals surface area contributed by atoms with Gasteiger partial charge in [0.05, 0.1) is 0 Å². The maximum atomic E-state index is 3.66. The van der Waals surface area contributed by atoms with Gasteiger partial charge in [0.25, 0.3) is 0 Å². The molecule has 0 aliphatic carbocycles. The van der Waals surface area contributed by atoms with Gasteiger partial charge in [-0.2, -0.15) is 0 Å². The van der Waals surface area contributed by atoms with E-state index >= 15 is 0 Å². The zero-order valence-corrected chi connectivity index (χ0v) is 9.10. The van der Waals surface area contributed by atoms with Crippen molar-refractivity contribution in [3.63, 3.8) is 0 Å². The molecule has 0 aromatic rings. The lowest BCUT2D eigenvalue weighted by Crippen LogP contribution is -1.54. The van der Waals surface area contributed by atoms with Crippen molar-refractivity contribution in [3.05, 3.63) is 24.3 Å². The predicted molar refractivity (Wildman–Crippen MR) is 56.4 cm³/mol. The summed E-state index contributed by atoms with van der Waals surface area (Å²) in [6.07, 6.45) is 3.95. The summed E-state index contributed by atoms with van der Waals surface area (Å²) in [7, 11) is 0. The van der Waals surface area contributed by atoms with E-state index in [2.05, 4.69) is 6.58 Å². The molecule has 0 aliphatic rings. The maximum Gasteiger partial charge on any atom is -0.0404 e. The van der Waals surface area contributed by atoms with Crippen LogP contribution in [-0.4, -0.2) is 0 Å². The second kappa shape index (κ2) is 15.7. The molecule has 0 rings (SSSR count). The second-order valence-electron chi connectivity index (χ2n) is 1.35. The largest absolute Gasteiger partial charge is 0.107 e. The van der Waals surface area contributed by atoms with Crippen LogP contribution in [0, 0.1) is 0 Å². The Hall–Kier alpha value is 0.210. The fraction of sp³-hybridized carbons (Fsp3) is 0.500. The van der Waals surface area contributed by atoms with Crippen molar-refractivity contribution in [3.8, 4) is 0 Å². The molecule has 0 aliphatic heterocycles. The van der Waals surface area contributed by atoms with Crippen molar-refractivity contribution in [2.45, 2.75) is 27.7 Å². The monoisotopic (exact) mass is 240 g/mol. The molecule has 0 saturated heterocycles. The molecule has 0 heterocycles. The molecule has 0 radical (unpaired) electrons. The third-order valence-electron chi connectivity index (χ3n) is 0.451. The normalized spacial score (nSPS) is 7.11. The molecule has 56 valence electrons. The SMILES string of the molecule is C=C(C)/C=C\C.CC.I. The maximum absolute atomic E-state index is 3.66. The number of halogens is 1. The zero-order valence-electron chi connectivity index (χ0n) is 6.77. The van der Waals surface area contributed by atoms with Gasteiger partial charge < -0.3 is 0 Å². The first-order valence-corrected chi connectivity index (χ1v) is 3.05. The molecule has 0 aromatic heterocycles. The van der Waals surface area contributed by atoms with E-state index in [-0.39, 0.29) is 24.0 Å². The van der Waals surface area contributed by atoms with E-state index in [4.69, 9.17) is 0 Å². The van der Waals surface area contributed by atoms with Crippen LogP contribution < -0.4 is 0 Å². The van der Waals surface area contributed by atoms with Crippen LogP contribution in [-0.2, 0) is 0 Å². The predicted octanol–water partition coefficient (Wildman–Crippen LogP) is 3.78. The van der Waals surface area contributed by atoms with Crippen molar-refractivity contribution < 1.29 is 0 Å². The Kier molecular flexibility index (Phi) is 28.1. The number of hydrogen-bond acceptors (Lipinski definition) is 0.